The average molecular weight is 448 g/mol. The molecular weight excluding hydrogens is 431 g/mol. The van der Waals surface area contributed by atoms with Crippen molar-refractivity contribution in [3.8, 4) is 0 Å². The topological polar surface area (TPSA) is 67.3 Å². The lowest BCUT2D eigenvalue weighted by molar-refractivity contribution is 0.0718. The largest absolute Gasteiger partial charge is 0.337 e. The van der Waals surface area contributed by atoms with Crippen molar-refractivity contribution in [2.75, 3.05) is 13.1 Å². The molecule has 0 bridgehead atoms. The van der Waals surface area contributed by atoms with E-state index in [0.717, 1.165) is 19.3 Å². The highest BCUT2D eigenvalue weighted by Gasteiger charge is 2.23. The number of carbonyl (C=O) groups excluding carboxylic acids is 1. The van der Waals surface area contributed by atoms with Crippen LogP contribution in [0.1, 0.15) is 35.4 Å². The van der Waals surface area contributed by atoms with E-state index in [-0.39, 0.29) is 37.3 Å². The fourth-order valence-corrected chi connectivity index (χ4v) is 5.28. The van der Waals surface area contributed by atoms with Crippen LogP contribution in [0.15, 0.2) is 35.2 Å². The number of halogens is 3. The summed E-state index contributed by atoms with van der Waals surface area (Å²) in [4.78, 5) is 18.5. The van der Waals surface area contributed by atoms with Crippen LogP contribution in [-0.2, 0) is 15.6 Å². The monoisotopic (exact) mass is 446 g/mol. The number of rotatable bonds is 4. The molecule has 27 heavy (non-hydrogen) atoms. The van der Waals surface area contributed by atoms with Crippen LogP contribution < -0.4 is 0 Å². The van der Waals surface area contributed by atoms with Gasteiger partial charge in [-0.15, -0.1) is 0 Å². The van der Waals surface area contributed by atoms with Gasteiger partial charge in [-0.05, 0) is 43.5 Å². The summed E-state index contributed by atoms with van der Waals surface area (Å²) < 4.78 is 25.5. The molecule has 0 aliphatic carbocycles. The molecule has 1 aromatic heterocycles. The highest BCUT2D eigenvalue weighted by Crippen LogP contribution is 2.33. The summed E-state index contributed by atoms with van der Waals surface area (Å²) in [6, 6.07) is 7.31. The number of piperidine rings is 1. The molecule has 1 aromatic carbocycles. The first kappa shape index (κ1) is 20.4. The van der Waals surface area contributed by atoms with Gasteiger partial charge in [-0.2, -0.15) is 0 Å². The van der Waals surface area contributed by atoms with Crippen LogP contribution in [0.25, 0.3) is 0 Å². The summed E-state index contributed by atoms with van der Waals surface area (Å²) in [5.74, 6) is -0.576. The van der Waals surface area contributed by atoms with Gasteiger partial charge in [0.15, 0.2) is 9.84 Å². The van der Waals surface area contributed by atoms with Gasteiger partial charge >= 0.3 is 0 Å². The number of carbonyl (C=O) groups is 1. The first-order chi connectivity index (χ1) is 12.8. The van der Waals surface area contributed by atoms with Crippen LogP contribution in [0.4, 0.5) is 0 Å². The van der Waals surface area contributed by atoms with E-state index in [9.17, 15) is 13.2 Å². The Morgan fingerprint density at radius 1 is 1.00 bits per heavy atom. The van der Waals surface area contributed by atoms with Gasteiger partial charge in [-0.3, -0.25) is 4.79 Å². The second kappa shape index (κ2) is 8.35. The van der Waals surface area contributed by atoms with Gasteiger partial charge in [0, 0.05) is 13.1 Å². The van der Waals surface area contributed by atoms with E-state index in [1.807, 2.05) is 0 Å². The Morgan fingerprint density at radius 3 is 2.37 bits per heavy atom. The second-order valence-corrected chi connectivity index (χ2v) is 9.50. The van der Waals surface area contributed by atoms with Crippen LogP contribution in [0.3, 0.4) is 0 Å². The fourth-order valence-electron chi connectivity index (χ4n) is 2.95. The van der Waals surface area contributed by atoms with Crippen molar-refractivity contribution in [2.45, 2.75) is 29.9 Å². The molecule has 1 aliphatic rings. The van der Waals surface area contributed by atoms with Gasteiger partial charge in [-0.1, -0.05) is 40.9 Å². The van der Waals surface area contributed by atoms with Gasteiger partial charge in [0.2, 0.25) is 0 Å². The SMILES string of the molecule is O=C(c1cccc(CS(=O)(=O)c2cc(Cl)c(Cl)cc2Cl)n1)N1CCCCC1. The normalized spacial score (nSPS) is 15.0. The van der Waals surface area contributed by atoms with Gasteiger partial charge in [0.1, 0.15) is 5.69 Å². The number of amides is 1. The van der Waals surface area contributed by atoms with Gasteiger partial charge in [0.25, 0.3) is 5.91 Å². The molecule has 2 aromatic rings. The minimum atomic E-state index is -3.81. The third-order valence-electron chi connectivity index (χ3n) is 4.32. The molecule has 0 unspecified atom stereocenters. The third-order valence-corrected chi connectivity index (χ3v) is 7.15. The lowest BCUT2D eigenvalue weighted by Gasteiger charge is -2.26. The van der Waals surface area contributed by atoms with Crippen molar-refractivity contribution in [1.82, 2.24) is 9.88 Å². The van der Waals surface area contributed by atoms with Crippen LogP contribution in [0, 0.1) is 0 Å². The fraction of sp³-hybridized carbons (Fsp3) is 0.333. The molecule has 1 saturated heterocycles. The number of pyridine rings is 1. The number of aromatic nitrogens is 1. The van der Waals surface area contributed by atoms with Crippen LogP contribution in [0.2, 0.25) is 15.1 Å². The Morgan fingerprint density at radius 2 is 1.67 bits per heavy atom. The Bertz CT molecular complexity index is 974. The molecule has 0 radical (unpaired) electrons. The third kappa shape index (κ3) is 4.74. The zero-order valence-corrected chi connectivity index (χ0v) is 17.4. The summed E-state index contributed by atoms with van der Waals surface area (Å²) >= 11 is 17.8. The molecule has 0 spiro atoms. The molecule has 144 valence electrons. The molecule has 9 heteroatoms. The zero-order valence-electron chi connectivity index (χ0n) is 14.3. The Kier molecular flexibility index (Phi) is 6.31. The number of hydrogen-bond acceptors (Lipinski definition) is 4. The highest BCUT2D eigenvalue weighted by atomic mass is 35.5. The Labute approximate surface area is 173 Å². The van der Waals surface area contributed by atoms with E-state index < -0.39 is 15.6 Å². The Hall–Kier alpha value is -1.34. The molecule has 1 amide bonds. The van der Waals surface area contributed by atoms with Crippen LogP contribution in [-0.4, -0.2) is 37.3 Å². The molecule has 1 aliphatic heterocycles. The number of sulfone groups is 1. The highest BCUT2D eigenvalue weighted by molar-refractivity contribution is 7.90. The summed E-state index contributed by atoms with van der Waals surface area (Å²) in [7, 11) is -3.81. The van der Waals surface area contributed by atoms with E-state index in [4.69, 9.17) is 34.8 Å². The van der Waals surface area contributed by atoms with Crippen molar-refractivity contribution in [1.29, 1.82) is 0 Å². The first-order valence-electron chi connectivity index (χ1n) is 8.40. The predicted molar refractivity (Wildman–Crippen MR) is 106 cm³/mol. The smallest absolute Gasteiger partial charge is 0.272 e. The zero-order chi connectivity index (χ0) is 19.6. The number of likely N-dealkylation sites (tertiary alicyclic amines) is 1. The molecule has 0 N–H and O–H groups in total. The van der Waals surface area contributed by atoms with E-state index in [0.29, 0.717) is 13.1 Å². The van der Waals surface area contributed by atoms with E-state index >= 15 is 0 Å². The number of hydrogen-bond donors (Lipinski definition) is 0. The number of benzene rings is 1. The Balaban J connectivity index is 1.85. The van der Waals surface area contributed by atoms with E-state index in [1.165, 1.54) is 12.1 Å². The van der Waals surface area contributed by atoms with Crippen molar-refractivity contribution < 1.29 is 13.2 Å². The van der Waals surface area contributed by atoms with Gasteiger partial charge in [-0.25, -0.2) is 13.4 Å². The molecule has 1 fully saturated rings. The van der Waals surface area contributed by atoms with Gasteiger partial charge in [0.05, 0.1) is 31.4 Å². The molecule has 0 saturated carbocycles. The van der Waals surface area contributed by atoms with Crippen molar-refractivity contribution in [3.05, 3.63) is 56.8 Å². The van der Waals surface area contributed by atoms with Crippen molar-refractivity contribution in [2.24, 2.45) is 0 Å². The quantitative estimate of drug-likeness (QED) is 0.640. The predicted octanol–water partition coefficient (Wildman–Crippen LogP) is 4.64. The molecule has 5 nitrogen and oxygen atoms in total. The average Bonchev–Trinajstić information content (AvgIpc) is 2.64. The summed E-state index contributed by atoms with van der Waals surface area (Å²) in [5, 5.41) is 0.263. The summed E-state index contributed by atoms with van der Waals surface area (Å²) in [6.07, 6.45) is 3.05. The lowest BCUT2D eigenvalue weighted by atomic mass is 10.1. The summed E-state index contributed by atoms with van der Waals surface area (Å²) in [5.41, 5.74) is 0.504. The molecule has 2 heterocycles. The van der Waals surface area contributed by atoms with Gasteiger partial charge < -0.3 is 4.90 Å². The van der Waals surface area contributed by atoms with E-state index in [2.05, 4.69) is 4.98 Å². The minimum absolute atomic E-state index is 0.00931. The minimum Gasteiger partial charge on any atom is -0.337 e. The standard InChI is InChI=1S/C18H17Cl3N2O3S/c19-13-9-15(21)17(10-14(13)20)27(25,26)11-12-5-4-6-16(22-12)18(24)23-7-2-1-3-8-23/h4-6,9-10H,1-3,7-8,11H2. The maximum atomic E-state index is 12.7. The maximum absolute atomic E-state index is 12.7. The van der Waals surface area contributed by atoms with Crippen molar-refractivity contribution in [3.63, 3.8) is 0 Å². The number of nitrogens with zero attached hydrogens (tertiary/aromatic N) is 2. The first-order valence-corrected chi connectivity index (χ1v) is 11.2. The molecular formula is C18H17Cl3N2O3S. The second-order valence-electron chi connectivity index (χ2n) is 6.32. The summed E-state index contributed by atoms with van der Waals surface area (Å²) in [6.45, 7) is 1.39. The van der Waals surface area contributed by atoms with Crippen LogP contribution >= 0.6 is 34.8 Å². The van der Waals surface area contributed by atoms with Crippen molar-refractivity contribution >= 4 is 50.5 Å². The van der Waals surface area contributed by atoms with E-state index in [1.54, 1.807) is 23.1 Å². The van der Waals surface area contributed by atoms with Crippen LogP contribution in [0.5, 0.6) is 0 Å². The molecule has 0 atom stereocenters. The lowest BCUT2D eigenvalue weighted by Crippen LogP contribution is -2.36. The molecule has 3 rings (SSSR count). The maximum Gasteiger partial charge on any atom is 0.272 e.